The zero-order valence-corrected chi connectivity index (χ0v) is 6.14. The van der Waals surface area contributed by atoms with Crippen LogP contribution in [0.15, 0.2) is 18.7 Å². The van der Waals surface area contributed by atoms with Gasteiger partial charge in [0.15, 0.2) is 0 Å². The Bertz CT molecular complexity index is 269. The number of aliphatic carboxylic acids is 1. The van der Waals surface area contributed by atoms with E-state index in [1.165, 1.54) is 4.57 Å². The van der Waals surface area contributed by atoms with Gasteiger partial charge in [-0.25, -0.2) is 13.9 Å². The number of nitrogens with zero attached hydrogens (tertiary/aromatic N) is 2. The normalized spacial score (nSPS) is 12.9. The van der Waals surface area contributed by atoms with E-state index in [0.717, 1.165) is 0 Å². The first kappa shape index (κ1) is 7.74. The molecule has 60 valence electrons. The van der Waals surface area contributed by atoms with Crippen molar-refractivity contribution in [3.63, 3.8) is 0 Å². The van der Waals surface area contributed by atoms with Gasteiger partial charge in [0.1, 0.15) is 12.4 Å². The highest BCUT2D eigenvalue weighted by molar-refractivity contribution is 5.70. The fraction of sp³-hybridized carbons (Fsp3) is 0.333. The van der Waals surface area contributed by atoms with Crippen molar-refractivity contribution >= 4 is 5.97 Å². The van der Waals surface area contributed by atoms with Crippen LogP contribution in [-0.4, -0.2) is 15.6 Å². The Morgan fingerprint density at radius 3 is 2.82 bits per heavy atom. The number of aryl methyl sites for hydroxylation is 1. The van der Waals surface area contributed by atoms with Gasteiger partial charge in [-0.15, -0.1) is 0 Å². The summed E-state index contributed by atoms with van der Waals surface area (Å²) in [5.41, 5.74) is 5.30. The van der Waals surface area contributed by atoms with Gasteiger partial charge in [-0.2, -0.15) is 0 Å². The molecular weight excluding hydrogens is 146 g/mol. The van der Waals surface area contributed by atoms with Gasteiger partial charge in [0.05, 0.1) is 7.05 Å². The van der Waals surface area contributed by atoms with E-state index in [1.807, 2.05) is 0 Å². The molecule has 0 aromatic carbocycles. The molecule has 0 spiro atoms. The molecule has 1 heterocycles. The first-order chi connectivity index (χ1) is 5.11. The summed E-state index contributed by atoms with van der Waals surface area (Å²) in [6.07, 6.45) is 3.96. The molecule has 3 N–H and O–H groups in total. The summed E-state index contributed by atoms with van der Waals surface area (Å²) < 4.78 is 3.14. The van der Waals surface area contributed by atoms with Crippen LogP contribution < -0.4 is 10.3 Å². The Morgan fingerprint density at radius 2 is 2.45 bits per heavy atom. The maximum absolute atomic E-state index is 10.4. The number of hydrogen-bond donors (Lipinski definition) is 2. The van der Waals surface area contributed by atoms with E-state index in [9.17, 15) is 4.79 Å². The van der Waals surface area contributed by atoms with E-state index in [2.05, 4.69) is 0 Å². The lowest BCUT2D eigenvalue weighted by atomic mass is 10.5. The quantitative estimate of drug-likeness (QED) is 0.531. The largest absolute Gasteiger partial charge is 0.477 e. The average Bonchev–Trinajstić information content (AvgIpc) is 2.34. The molecule has 0 aliphatic heterocycles. The van der Waals surface area contributed by atoms with Crippen molar-refractivity contribution in [3.05, 3.63) is 18.7 Å². The Balaban J connectivity index is 2.84. The molecule has 0 amide bonds. The number of aromatic nitrogens is 2. The third-order valence-electron chi connectivity index (χ3n) is 1.36. The topological polar surface area (TPSA) is 72.1 Å². The first-order valence-corrected chi connectivity index (χ1v) is 3.12. The van der Waals surface area contributed by atoms with E-state index >= 15 is 0 Å². The molecule has 1 atom stereocenters. The van der Waals surface area contributed by atoms with Crippen LogP contribution in [0.25, 0.3) is 0 Å². The molecule has 0 aliphatic carbocycles. The maximum Gasteiger partial charge on any atom is 0.365 e. The molecule has 0 aliphatic rings. The standard InChI is InChI=1S/C6H9N3O2/c1-8-2-3-9(4-8)5(7)6(10)11/h2-5H,7H2,1H3/p+1. The number of imidazole rings is 1. The molecule has 0 saturated carbocycles. The predicted octanol–water partition coefficient (Wildman–Crippen LogP) is -1.15. The molecule has 1 aromatic rings. The van der Waals surface area contributed by atoms with Crippen LogP contribution in [-0.2, 0) is 11.8 Å². The molecule has 1 aromatic heterocycles. The first-order valence-electron chi connectivity index (χ1n) is 3.12. The predicted molar refractivity (Wildman–Crippen MR) is 36.5 cm³/mol. The van der Waals surface area contributed by atoms with Crippen molar-refractivity contribution in [1.82, 2.24) is 4.57 Å². The van der Waals surface area contributed by atoms with Crippen molar-refractivity contribution in [2.75, 3.05) is 0 Å². The summed E-state index contributed by atoms with van der Waals surface area (Å²) >= 11 is 0. The summed E-state index contributed by atoms with van der Waals surface area (Å²) in [6.45, 7) is 0. The Morgan fingerprint density at radius 1 is 1.82 bits per heavy atom. The highest BCUT2D eigenvalue weighted by Gasteiger charge is 2.18. The number of nitrogens with two attached hydrogens (primary N) is 1. The Kier molecular flexibility index (Phi) is 1.91. The van der Waals surface area contributed by atoms with E-state index in [4.69, 9.17) is 10.8 Å². The van der Waals surface area contributed by atoms with Crippen molar-refractivity contribution in [3.8, 4) is 0 Å². The molecule has 1 rings (SSSR count). The summed E-state index contributed by atoms with van der Waals surface area (Å²) in [5.74, 6) is -1.04. The minimum atomic E-state index is -1.04. The molecule has 0 fully saturated rings. The van der Waals surface area contributed by atoms with Gasteiger partial charge < -0.3 is 5.11 Å². The van der Waals surface area contributed by atoms with Crippen LogP contribution in [0.2, 0.25) is 0 Å². The third-order valence-corrected chi connectivity index (χ3v) is 1.36. The summed E-state index contributed by atoms with van der Waals surface area (Å²) in [4.78, 5) is 10.4. The number of carbonyl (C=O) groups is 1. The summed E-state index contributed by atoms with van der Waals surface area (Å²) in [5, 5.41) is 8.49. The van der Waals surface area contributed by atoms with E-state index in [0.29, 0.717) is 0 Å². The summed E-state index contributed by atoms with van der Waals surface area (Å²) in [6, 6.07) is 0. The number of carboxylic acid groups (broad SMARTS) is 1. The molecule has 0 saturated heterocycles. The molecule has 5 heteroatoms. The molecule has 5 nitrogen and oxygen atoms in total. The second kappa shape index (κ2) is 2.71. The van der Waals surface area contributed by atoms with Gasteiger partial charge in [0, 0.05) is 0 Å². The molecule has 1 unspecified atom stereocenters. The second-order valence-corrected chi connectivity index (χ2v) is 2.31. The summed E-state index contributed by atoms with van der Waals surface area (Å²) in [7, 11) is 1.80. The average molecular weight is 156 g/mol. The minimum absolute atomic E-state index is 0.990. The van der Waals surface area contributed by atoms with Crippen molar-refractivity contribution in [2.45, 2.75) is 6.17 Å². The third kappa shape index (κ3) is 1.56. The lowest BCUT2D eigenvalue weighted by molar-refractivity contribution is -0.671. The molecule has 11 heavy (non-hydrogen) atoms. The van der Waals surface area contributed by atoms with E-state index < -0.39 is 12.1 Å². The zero-order valence-electron chi connectivity index (χ0n) is 6.14. The SMILES string of the molecule is C[n+]1ccn(C(N)C(=O)O)c1. The Labute approximate surface area is 63.7 Å². The monoisotopic (exact) mass is 156 g/mol. The molecule has 0 radical (unpaired) electrons. The highest BCUT2D eigenvalue weighted by Crippen LogP contribution is 1.94. The van der Waals surface area contributed by atoms with Crippen LogP contribution in [0.4, 0.5) is 0 Å². The smallest absolute Gasteiger partial charge is 0.365 e. The van der Waals surface area contributed by atoms with Gasteiger partial charge in [0.25, 0.3) is 0 Å². The van der Waals surface area contributed by atoms with Gasteiger partial charge in [-0.05, 0) is 0 Å². The van der Waals surface area contributed by atoms with Crippen LogP contribution >= 0.6 is 0 Å². The van der Waals surface area contributed by atoms with Crippen LogP contribution in [0.3, 0.4) is 0 Å². The van der Waals surface area contributed by atoms with Crippen molar-refractivity contribution < 1.29 is 14.5 Å². The second-order valence-electron chi connectivity index (χ2n) is 2.31. The number of rotatable bonds is 2. The minimum Gasteiger partial charge on any atom is -0.477 e. The van der Waals surface area contributed by atoms with E-state index in [-0.39, 0.29) is 0 Å². The fourth-order valence-corrected chi connectivity index (χ4v) is 0.762. The number of hydrogen-bond acceptors (Lipinski definition) is 2. The van der Waals surface area contributed by atoms with Gasteiger partial charge in [-0.1, -0.05) is 0 Å². The lowest BCUT2D eigenvalue weighted by Crippen LogP contribution is -2.29. The molecular formula is C6H10N3O2+. The highest BCUT2D eigenvalue weighted by atomic mass is 16.4. The van der Waals surface area contributed by atoms with Gasteiger partial charge in [-0.3, -0.25) is 5.73 Å². The maximum atomic E-state index is 10.4. The van der Waals surface area contributed by atoms with Gasteiger partial charge in [0.2, 0.25) is 12.5 Å². The Hall–Kier alpha value is -1.36. The van der Waals surface area contributed by atoms with Crippen molar-refractivity contribution in [1.29, 1.82) is 0 Å². The van der Waals surface area contributed by atoms with Crippen LogP contribution in [0.5, 0.6) is 0 Å². The zero-order chi connectivity index (χ0) is 8.43. The number of carboxylic acids is 1. The molecule has 0 bridgehead atoms. The van der Waals surface area contributed by atoms with Gasteiger partial charge >= 0.3 is 5.97 Å². The van der Waals surface area contributed by atoms with Crippen LogP contribution in [0.1, 0.15) is 6.17 Å². The van der Waals surface area contributed by atoms with Crippen molar-refractivity contribution in [2.24, 2.45) is 12.8 Å². The van der Waals surface area contributed by atoms with Crippen LogP contribution in [0, 0.1) is 0 Å². The fourth-order valence-electron chi connectivity index (χ4n) is 0.762. The van der Waals surface area contributed by atoms with E-state index in [1.54, 1.807) is 30.3 Å². The lowest BCUT2D eigenvalue weighted by Gasteiger charge is -1.99.